The Hall–Kier alpha value is -1.46. The van der Waals surface area contributed by atoms with Crippen LogP contribution in [0.25, 0.3) is 0 Å². The van der Waals surface area contributed by atoms with E-state index in [-0.39, 0.29) is 29.0 Å². The summed E-state index contributed by atoms with van der Waals surface area (Å²) in [7, 11) is 1.70. The molecule has 0 saturated carbocycles. The number of rotatable bonds is 4. The van der Waals surface area contributed by atoms with Crippen molar-refractivity contribution in [2.75, 3.05) is 7.05 Å². The first-order valence-corrected chi connectivity index (χ1v) is 8.13. The molecule has 0 saturated heterocycles. The Labute approximate surface area is 138 Å². The van der Waals surface area contributed by atoms with Gasteiger partial charge in [-0.3, -0.25) is 4.79 Å². The zero-order valence-electron chi connectivity index (χ0n) is 13.0. The fourth-order valence-electron chi connectivity index (χ4n) is 2.31. The van der Waals surface area contributed by atoms with Gasteiger partial charge in [0, 0.05) is 22.5 Å². The third-order valence-corrected chi connectivity index (χ3v) is 4.96. The van der Waals surface area contributed by atoms with Crippen LogP contribution in [0.5, 0.6) is 0 Å². The molecule has 1 atom stereocenters. The summed E-state index contributed by atoms with van der Waals surface area (Å²) in [6, 6.07) is 4.26. The van der Waals surface area contributed by atoms with E-state index in [9.17, 15) is 9.18 Å². The van der Waals surface area contributed by atoms with Gasteiger partial charge >= 0.3 is 0 Å². The standard InChI is InChI=1S/C16H18ClFN2OS/c1-9(16-10(2)22-11(3)19-16)20(4)15(21)8-12-13(17)6-5-7-14(12)18/h5-7,9H,8H2,1-4H3. The summed E-state index contributed by atoms with van der Waals surface area (Å²) in [4.78, 5) is 19.6. The SMILES string of the molecule is Cc1nc(C(C)N(C)C(=O)Cc2c(F)cccc2Cl)c(C)s1. The van der Waals surface area contributed by atoms with Crippen LogP contribution >= 0.6 is 22.9 Å². The van der Waals surface area contributed by atoms with Gasteiger partial charge < -0.3 is 4.90 Å². The van der Waals surface area contributed by atoms with Crippen molar-refractivity contribution in [2.45, 2.75) is 33.2 Å². The van der Waals surface area contributed by atoms with Gasteiger partial charge in [0.2, 0.25) is 5.91 Å². The van der Waals surface area contributed by atoms with Gasteiger partial charge in [0.05, 0.1) is 23.2 Å². The number of aromatic nitrogens is 1. The van der Waals surface area contributed by atoms with Crippen LogP contribution in [0.4, 0.5) is 4.39 Å². The van der Waals surface area contributed by atoms with Crippen molar-refractivity contribution in [3.63, 3.8) is 0 Å². The van der Waals surface area contributed by atoms with Crippen molar-refractivity contribution in [1.29, 1.82) is 0 Å². The third kappa shape index (κ3) is 3.47. The van der Waals surface area contributed by atoms with E-state index in [1.165, 1.54) is 12.1 Å². The highest BCUT2D eigenvalue weighted by Gasteiger charge is 2.23. The summed E-state index contributed by atoms with van der Waals surface area (Å²) < 4.78 is 13.8. The molecule has 0 spiro atoms. The molecular weight excluding hydrogens is 323 g/mol. The van der Waals surface area contributed by atoms with Gasteiger partial charge in [-0.1, -0.05) is 17.7 Å². The number of likely N-dealkylation sites (N-methyl/N-ethyl adjacent to an activating group) is 1. The molecule has 6 heteroatoms. The third-order valence-electron chi connectivity index (χ3n) is 3.70. The summed E-state index contributed by atoms with van der Waals surface area (Å²) in [6.07, 6.45) is -0.0610. The first-order chi connectivity index (χ1) is 10.3. The summed E-state index contributed by atoms with van der Waals surface area (Å²) in [5, 5.41) is 1.24. The van der Waals surface area contributed by atoms with Crippen LogP contribution in [0.1, 0.15) is 34.1 Å². The molecule has 2 aromatic rings. The molecule has 1 heterocycles. The van der Waals surface area contributed by atoms with E-state index < -0.39 is 5.82 Å². The smallest absolute Gasteiger partial charge is 0.227 e. The molecule has 2 rings (SSSR count). The lowest BCUT2D eigenvalue weighted by Crippen LogP contribution is -2.31. The normalized spacial score (nSPS) is 12.3. The number of benzene rings is 1. The van der Waals surface area contributed by atoms with Crippen molar-refractivity contribution in [3.8, 4) is 0 Å². The Kier molecular flexibility index (Phi) is 5.19. The highest BCUT2D eigenvalue weighted by molar-refractivity contribution is 7.11. The molecule has 0 bridgehead atoms. The van der Waals surface area contributed by atoms with Crippen molar-refractivity contribution in [3.05, 3.63) is 50.2 Å². The molecule has 22 heavy (non-hydrogen) atoms. The van der Waals surface area contributed by atoms with E-state index in [1.54, 1.807) is 29.4 Å². The van der Waals surface area contributed by atoms with Gasteiger partial charge in [-0.2, -0.15) is 0 Å². The first kappa shape index (κ1) is 16.9. The van der Waals surface area contributed by atoms with Crippen LogP contribution in [0.15, 0.2) is 18.2 Å². The molecule has 0 aliphatic heterocycles. The van der Waals surface area contributed by atoms with Crippen molar-refractivity contribution >= 4 is 28.8 Å². The topological polar surface area (TPSA) is 33.2 Å². The number of hydrogen-bond acceptors (Lipinski definition) is 3. The average molecular weight is 341 g/mol. The minimum atomic E-state index is -0.456. The largest absolute Gasteiger partial charge is 0.337 e. The summed E-state index contributed by atoms with van der Waals surface area (Å²) in [5.74, 6) is -0.646. The second-order valence-electron chi connectivity index (χ2n) is 5.23. The zero-order chi connectivity index (χ0) is 16.4. The molecule has 1 aromatic carbocycles. The van der Waals surface area contributed by atoms with Crippen molar-refractivity contribution < 1.29 is 9.18 Å². The van der Waals surface area contributed by atoms with E-state index in [1.807, 2.05) is 20.8 Å². The van der Waals surface area contributed by atoms with Gasteiger partial charge in [0.1, 0.15) is 5.82 Å². The highest BCUT2D eigenvalue weighted by Crippen LogP contribution is 2.27. The molecule has 0 aliphatic rings. The second-order valence-corrected chi connectivity index (χ2v) is 7.05. The Bertz CT molecular complexity index is 681. The predicted molar refractivity (Wildman–Crippen MR) is 87.9 cm³/mol. The molecule has 0 radical (unpaired) electrons. The molecule has 118 valence electrons. The molecule has 1 unspecified atom stereocenters. The zero-order valence-corrected chi connectivity index (χ0v) is 14.6. The van der Waals surface area contributed by atoms with E-state index in [0.29, 0.717) is 0 Å². The average Bonchev–Trinajstić information content (AvgIpc) is 2.80. The molecule has 1 aromatic heterocycles. The van der Waals surface area contributed by atoms with Crippen LogP contribution in [0.2, 0.25) is 5.02 Å². The molecule has 3 nitrogen and oxygen atoms in total. The van der Waals surface area contributed by atoms with Gasteiger partial charge in [0.25, 0.3) is 0 Å². The van der Waals surface area contributed by atoms with E-state index in [2.05, 4.69) is 4.98 Å². The maximum absolute atomic E-state index is 13.8. The van der Waals surface area contributed by atoms with Gasteiger partial charge in [-0.15, -0.1) is 11.3 Å². The number of carbonyl (C=O) groups is 1. The lowest BCUT2D eigenvalue weighted by molar-refractivity contribution is -0.131. The Morgan fingerprint density at radius 2 is 2.14 bits per heavy atom. The van der Waals surface area contributed by atoms with Crippen molar-refractivity contribution in [2.24, 2.45) is 0 Å². The minimum absolute atomic E-state index is 0.0610. The van der Waals surface area contributed by atoms with E-state index in [0.717, 1.165) is 15.6 Å². The minimum Gasteiger partial charge on any atom is -0.337 e. The molecular formula is C16H18ClFN2OS. The number of thiazole rings is 1. The van der Waals surface area contributed by atoms with Gasteiger partial charge in [0.15, 0.2) is 0 Å². The first-order valence-electron chi connectivity index (χ1n) is 6.93. The number of carbonyl (C=O) groups excluding carboxylic acids is 1. The van der Waals surface area contributed by atoms with Crippen molar-refractivity contribution in [1.82, 2.24) is 9.88 Å². The summed E-state index contributed by atoms with van der Waals surface area (Å²) in [5.41, 5.74) is 1.12. The van der Waals surface area contributed by atoms with E-state index in [4.69, 9.17) is 11.6 Å². The summed E-state index contributed by atoms with van der Waals surface area (Å²) >= 11 is 7.59. The number of hydrogen-bond donors (Lipinski definition) is 0. The highest BCUT2D eigenvalue weighted by atomic mass is 35.5. The van der Waals surface area contributed by atoms with Gasteiger partial charge in [-0.25, -0.2) is 9.37 Å². The van der Waals surface area contributed by atoms with Crippen LogP contribution < -0.4 is 0 Å². The maximum atomic E-state index is 13.8. The quantitative estimate of drug-likeness (QED) is 0.830. The van der Waals surface area contributed by atoms with E-state index >= 15 is 0 Å². The lowest BCUT2D eigenvalue weighted by Gasteiger charge is -2.24. The monoisotopic (exact) mass is 340 g/mol. The number of aryl methyl sites for hydroxylation is 2. The Balaban J connectivity index is 2.17. The number of amides is 1. The Morgan fingerprint density at radius 3 is 2.68 bits per heavy atom. The summed E-state index contributed by atoms with van der Waals surface area (Å²) in [6.45, 7) is 5.85. The van der Waals surface area contributed by atoms with Gasteiger partial charge in [-0.05, 0) is 32.9 Å². The molecule has 0 N–H and O–H groups in total. The fourth-order valence-corrected chi connectivity index (χ4v) is 3.45. The second kappa shape index (κ2) is 6.75. The molecule has 0 aliphatic carbocycles. The van der Waals surface area contributed by atoms with Crippen LogP contribution in [-0.4, -0.2) is 22.8 Å². The predicted octanol–water partition coefficient (Wildman–Crippen LogP) is 4.31. The number of halogens is 2. The number of nitrogens with zero attached hydrogens (tertiary/aromatic N) is 2. The van der Waals surface area contributed by atoms with Crippen LogP contribution in [0, 0.1) is 19.7 Å². The molecule has 0 fully saturated rings. The molecule has 1 amide bonds. The Morgan fingerprint density at radius 1 is 1.45 bits per heavy atom. The maximum Gasteiger partial charge on any atom is 0.227 e. The van der Waals surface area contributed by atoms with Crippen LogP contribution in [0.3, 0.4) is 0 Å². The van der Waals surface area contributed by atoms with Crippen LogP contribution in [-0.2, 0) is 11.2 Å². The lowest BCUT2D eigenvalue weighted by atomic mass is 10.1. The fraction of sp³-hybridized carbons (Fsp3) is 0.375.